The summed E-state index contributed by atoms with van der Waals surface area (Å²) in [6, 6.07) is 3.42. The summed E-state index contributed by atoms with van der Waals surface area (Å²) in [6.45, 7) is 4.64. The maximum atomic E-state index is 14.8. The Balaban J connectivity index is 1.12. The van der Waals surface area contributed by atoms with Crippen molar-refractivity contribution in [3.05, 3.63) is 41.5 Å². The van der Waals surface area contributed by atoms with Crippen LogP contribution >= 0.6 is 0 Å². The van der Waals surface area contributed by atoms with Crippen LogP contribution < -0.4 is 4.74 Å². The molecule has 0 aromatic heterocycles. The average Bonchev–Trinajstić information content (AvgIpc) is 2.96. The molecule has 0 bridgehead atoms. The maximum Gasteiger partial charge on any atom is 0.200 e. The van der Waals surface area contributed by atoms with Crippen molar-refractivity contribution in [2.75, 3.05) is 6.61 Å². The molecule has 1 aromatic carbocycles. The molecule has 3 aliphatic carbocycles. The molecule has 3 aliphatic rings. The Bertz CT molecular complexity index is 840. The molecule has 0 N–H and O–H groups in total. The van der Waals surface area contributed by atoms with Gasteiger partial charge in [0.25, 0.3) is 0 Å². The second-order valence-electron chi connectivity index (χ2n) is 13.0. The van der Waals surface area contributed by atoms with Crippen LogP contribution in [0.15, 0.2) is 24.3 Å². The lowest BCUT2D eigenvalue weighted by molar-refractivity contribution is 0.137. The zero-order chi connectivity index (χ0) is 26.7. The van der Waals surface area contributed by atoms with E-state index in [1.807, 2.05) is 0 Å². The van der Waals surface area contributed by atoms with Crippen LogP contribution in [0.4, 0.5) is 8.78 Å². The maximum absolute atomic E-state index is 14.8. The van der Waals surface area contributed by atoms with Gasteiger partial charge in [-0.3, -0.25) is 0 Å². The lowest BCUT2D eigenvalue weighted by atomic mass is 9.68. The van der Waals surface area contributed by atoms with Gasteiger partial charge in [0.15, 0.2) is 11.6 Å². The van der Waals surface area contributed by atoms with Crippen molar-refractivity contribution in [1.82, 2.24) is 0 Å². The molecule has 3 heteroatoms. The van der Waals surface area contributed by atoms with Gasteiger partial charge in [0.1, 0.15) is 0 Å². The largest absolute Gasteiger partial charge is 0.490 e. The van der Waals surface area contributed by atoms with E-state index in [4.69, 9.17) is 4.74 Å². The minimum Gasteiger partial charge on any atom is -0.490 e. The first-order chi connectivity index (χ1) is 18.6. The van der Waals surface area contributed by atoms with Gasteiger partial charge in [-0.1, -0.05) is 70.1 Å². The predicted molar refractivity (Wildman–Crippen MR) is 156 cm³/mol. The molecule has 0 heterocycles. The number of hydrogen-bond acceptors (Lipinski definition) is 1. The van der Waals surface area contributed by atoms with Gasteiger partial charge in [-0.15, -0.1) is 0 Å². The van der Waals surface area contributed by atoms with Crippen molar-refractivity contribution in [2.45, 2.75) is 135 Å². The van der Waals surface area contributed by atoms with Crippen LogP contribution in [-0.4, -0.2) is 6.61 Å². The Labute approximate surface area is 232 Å². The van der Waals surface area contributed by atoms with Gasteiger partial charge in [0.05, 0.1) is 6.61 Å². The van der Waals surface area contributed by atoms with Crippen molar-refractivity contribution in [3.8, 4) is 5.75 Å². The molecule has 0 saturated heterocycles. The zero-order valence-corrected chi connectivity index (χ0v) is 24.4. The number of unbranched alkanes of at least 4 members (excludes halogenated alkanes) is 1. The van der Waals surface area contributed by atoms with Gasteiger partial charge in [0.2, 0.25) is 5.82 Å². The van der Waals surface area contributed by atoms with E-state index in [-0.39, 0.29) is 11.7 Å². The third-order valence-corrected chi connectivity index (χ3v) is 10.5. The fourth-order valence-electron chi connectivity index (χ4n) is 7.93. The summed E-state index contributed by atoms with van der Waals surface area (Å²) in [5, 5.41) is 0. The van der Waals surface area contributed by atoms with E-state index in [0.717, 1.165) is 68.1 Å². The highest BCUT2D eigenvalue weighted by Crippen LogP contribution is 2.45. The minimum absolute atomic E-state index is 0.0656. The summed E-state index contributed by atoms with van der Waals surface area (Å²) in [5.41, 5.74) is 0.564. The van der Waals surface area contributed by atoms with Crippen LogP contribution in [0.3, 0.4) is 0 Å². The number of hydrogen-bond donors (Lipinski definition) is 0. The molecule has 0 spiro atoms. The number of halogens is 2. The van der Waals surface area contributed by atoms with Crippen LogP contribution in [0.5, 0.6) is 5.75 Å². The van der Waals surface area contributed by atoms with E-state index in [0.29, 0.717) is 12.2 Å². The van der Waals surface area contributed by atoms with Gasteiger partial charge in [-0.05, 0) is 125 Å². The van der Waals surface area contributed by atoms with Gasteiger partial charge in [-0.2, -0.15) is 4.39 Å². The summed E-state index contributed by atoms with van der Waals surface area (Å²) in [4.78, 5) is 0. The Kier molecular flexibility index (Phi) is 12.0. The van der Waals surface area contributed by atoms with E-state index in [1.165, 1.54) is 77.0 Å². The number of ether oxygens (including phenoxy) is 1. The molecule has 3 saturated carbocycles. The zero-order valence-electron chi connectivity index (χ0n) is 24.4. The Hall–Kier alpha value is -1.38. The van der Waals surface area contributed by atoms with Crippen molar-refractivity contribution in [2.24, 2.45) is 29.6 Å². The fraction of sp³-hybridized carbons (Fsp3) is 0.771. The average molecular weight is 529 g/mol. The van der Waals surface area contributed by atoms with Crippen LogP contribution in [-0.2, 0) is 0 Å². The third kappa shape index (κ3) is 8.31. The summed E-state index contributed by atoms with van der Waals surface area (Å²) < 4.78 is 34.9. The lowest BCUT2D eigenvalue weighted by Crippen LogP contribution is -2.26. The highest BCUT2D eigenvalue weighted by Gasteiger charge is 2.32. The van der Waals surface area contributed by atoms with Crippen molar-refractivity contribution >= 4 is 0 Å². The molecule has 38 heavy (non-hydrogen) atoms. The minimum atomic E-state index is -0.797. The Morgan fingerprint density at radius 1 is 0.737 bits per heavy atom. The second kappa shape index (κ2) is 15.4. The summed E-state index contributed by atoms with van der Waals surface area (Å²) >= 11 is 0. The van der Waals surface area contributed by atoms with E-state index in [2.05, 4.69) is 26.0 Å². The topological polar surface area (TPSA) is 9.23 Å². The summed E-state index contributed by atoms with van der Waals surface area (Å²) in [6.07, 6.45) is 27.8. The fourth-order valence-corrected chi connectivity index (χ4v) is 7.93. The standard InChI is InChI=1S/C35H54F2O/c1-3-5-7-8-26-11-17-29(18-12-26)30-19-13-27(14-20-30)9-10-28-15-21-31(22-16-28)32-23-24-33(35(37)34(32)36)38-25-6-4-2/h3,5,23-24,26-31H,4,6-22,25H2,1-2H3/b5-3+. The first kappa shape index (κ1) is 29.6. The highest BCUT2D eigenvalue weighted by molar-refractivity contribution is 5.33. The van der Waals surface area contributed by atoms with Crippen LogP contribution in [0, 0.1) is 41.2 Å². The molecular weight excluding hydrogens is 474 g/mol. The number of rotatable bonds is 12. The normalized spacial score (nSPS) is 30.5. The first-order valence-corrected chi connectivity index (χ1v) is 16.3. The highest BCUT2D eigenvalue weighted by atomic mass is 19.2. The first-order valence-electron chi connectivity index (χ1n) is 16.3. The SMILES string of the molecule is C/C=C/CCC1CCC(C2CCC(CCC3CCC(c4ccc(OCCCC)c(F)c4F)CC3)CC2)CC1. The molecule has 0 atom stereocenters. The van der Waals surface area contributed by atoms with E-state index in [1.54, 1.807) is 12.1 Å². The third-order valence-electron chi connectivity index (χ3n) is 10.5. The van der Waals surface area contributed by atoms with Gasteiger partial charge in [-0.25, -0.2) is 4.39 Å². The van der Waals surface area contributed by atoms with Gasteiger partial charge < -0.3 is 4.74 Å². The quantitative estimate of drug-likeness (QED) is 0.194. The lowest BCUT2D eigenvalue weighted by Gasteiger charge is -2.38. The molecule has 1 aromatic rings. The molecule has 4 rings (SSSR count). The molecule has 0 radical (unpaired) electrons. The number of allylic oxidation sites excluding steroid dienone is 2. The second-order valence-corrected chi connectivity index (χ2v) is 13.0. The molecule has 0 aliphatic heterocycles. The van der Waals surface area contributed by atoms with Crippen LogP contribution in [0.25, 0.3) is 0 Å². The van der Waals surface area contributed by atoms with Gasteiger partial charge in [0, 0.05) is 0 Å². The van der Waals surface area contributed by atoms with Crippen LogP contribution in [0.2, 0.25) is 0 Å². The van der Waals surface area contributed by atoms with E-state index < -0.39 is 11.6 Å². The smallest absolute Gasteiger partial charge is 0.200 e. The van der Waals surface area contributed by atoms with Crippen LogP contribution in [0.1, 0.15) is 141 Å². The van der Waals surface area contributed by atoms with Crippen molar-refractivity contribution < 1.29 is 13.5 Å². The molecule has 214 valence electrons. The predicted octanol–water partition coefficient (Wildman–Crippen LogP) is 11.2. The molecule has 0 unspecified atom stereocenters. The summed E-state index contributed by atoms with van der Waals surface area (Å²) in [7, 11) is 0. The van der Waals surface area contributed by atoms with E-state index >= 15 is 0 Å². The summed E-state index contributed by atoms with van der Waals surface area (Å²) in [5.74, 6) is 3.42. The molecule has 1 nitrogen and oxygen atoms in total. The molecular formula is C35H54F2O. The van der Waals surface area contributed by atoms with Gasteiger partial charge >= 0.3 is 0 Å². The van der Waals surface area contributed by atoms with Crippen molar-refractivity contribution in [1.29, 1.82) is 0 Å². The number of benzene rings is 1. The van der Waals surface area contributed by atoms with Crippen molar-refractivity contribution in [3.63, 3.8) is 0 Å². The van der Waals surface area contributed by atoms with E-state index in [9.17, 15) is 8.78 Å². The monoisotopic (exact) mass is 528 g/mol. The molecule has 0 amide bonds. The Morgan fingerprint density at radius 3 is 1.84 bits per heavy atom. The Morgan fingerprint density at radius 2 is 1.29 bits per heavy atom. The molecule has 3 fully saturated rings.